The molecule has 5 rings (SSSR count). The quantitative estimate of drug-likeness (QED) is 0.304. The van der Waals surface area contributed by atoms with E-state index in [1.165, 1.54) is 0 Å². The minimum absolute atomic E-state index is 0.0803. The Balaban J connectivity index is 1.75. The number of hydrogen-bond donors (Lipinski definition) is 1. The fraction of sp³-hybridized carbons (Fsp3) is 0.192. The number of nitrogens with zero attached hydrogens (tertiary/aromatic N) is 3. The molecular weight excluding hydrogens is 560 g/mol. The van der Waals surface area contributed by atoms with Gasteiger partial charge in [0.05, 0.1) is 18.2 Å². The highest BCUT2D eigenvalue weighted by Crippen LogP contribution is 2.45. The van der Waals surface area contributed by atoms with Crippen LogP contribution in [0.25, 0.3) is 0 Å². The summed E-state index contributed by atoms with van der Waals surface area (Å²) in [5.41, 5.74) is 4.79. The zero-order chi connectivity index (χ0) is 23.9. The third-order valence-electron chi connectivity index (χ3n) is 6.49. The second-order valence-corrected chi connectivity index (χ2v) is 9.98. The molecule has 3 heterocycles. The molecule has 0 aliphatic carbocycles. The number of fused-ring (bicyclic) bond motifs is 1. The van der Waals surface area contributed by atoms with E-state index < -0.39 is 5.60 Å². The van der Waals surface area contributed by atoms with Crippen molar-refractivity contribution < 1.29 is 9.53 Å². The van der Waals surface area contributed by atoms with Crippen LogP contribution in [0.4, 0.5) is 5.69 Å². The minimum atomic E-state index is -0.918. The van der Waals surface area contributed by atoms with Crippen molar-refractivity contribution in [2.24, 2.45) is 0 Å². The first-order chi connectivity index (χ1) is 16.4. The van der Waals surface area contributed by atoms with Crippen molar-refractivity contribution in [3.05, 3.63) is 110 Å². The Morgan fingerprint density at radius 3 is 2.65 bits per heavy atom. The molecule has 2 aromatic carbocycles. The molecule has 2 atom stereocenters. The molecule has 1 N–H and O–H groups in total. The number of benzene rings is 2. The van der Waals surface area contributed by atoms with E-state index in [0.717, 1.165) is 42.7 Å². The van der Waals surface area contributed by atoms with E-state index in [2.05, 4.69) is 58.9 Å². The summed E-state index contributed by atoms with van der Waals surface area (Å²) in [6, 6.07) is 18.2. The number of imidazole rings is 1. The number of hydrogen-bond acceptors (Lipinski definition) is 4. The second-order valence-electron chi connectivity index (χ2n) is 8.26. The molecule has 0 saturated carbocycles. The summed E-state index contributed by atoms with van der Waals surface area (Å²) in [5.74, 6) is -0.0199. The van der Waals surface area contributed by atoms with Gasteiger partial charge in [-0.2, -0.15) is 0 Å². The maximum Gasteiger partial charge on any atom is 0.227 e. The highest BCUT2D eigenvalue weighted by atomic mass is 79.9. The molecule has 1 aliphatic rings. The number of amides is 1. The Hall–Kier alpha value is -2.81. The van der Waals surface area contributed by atoms with E-state index in [9.17, 15) is 4.79 Å². The normalized spacial score (nSPS) is 17.4. The van der Waals surface area contributed by atoms with Gasteiger partial charge in [-0.25, -0.2) is 9.97 Å². The zero-order valence-corrected chi connectivity index (χ0v) is 21.8. The van der Waals surface area contributed by atoms with Gasteiger partial charge >= 0.3 is 0 Å². The summed E-state index contributed by atoms with van der Waals surface area (Å²) in [7, 11) is 3.53. The van der Waals surface area contributed by atoms with E-state index in [1.807, 2.05) is 49.5 Å². The molecule has 0 fully saturated rings. The SMILES string of the molecule is COC(c1cccc(Br)c1)(c1ccc2c(c1)C(c1ccnc(Br)c1)CC(=O)N2C)c1cnc[nH]1. The second kappa shape index (κ2) is 9.09. The molecule has 2 unspecified atom stereocenters. The molecule has 0 saturated heterocycles. The van der Waals surface area contributed by atoms with Gasteiger partial charge in [0.1, 0.15) is 4.60 Å². The minimum Gasteiger partial charge on any atom is -0.362 e. The van der Waals surface area contributed by atoms with Gasteiger partial charge < -0.3 is 14.6 Å². The largest absolute Gasteiger partial charge is 0.362 e. The van der Waals surface area contributed by atoms with Gasteiger partial charge in [0.2, 0.25) is 5.91 Å². The number of aromatic amines is 1. The maximum atomic E-state index is 12.9. The average molecular weight is 582 g/mol. The van der Waals surface area contributed by atoms with Gasteiger partial charge in [-0.05, 0) is 74.6 Å². The Morgan fingerprint density at radius 2 is 1.94 bits per heavy atom. The summed E-state index contributed by atoms with van der Waals surface area (Å²) in [5, 5.41) is 0. The van der Waals surface area contributed by atoms with Crippen LogP contribution in [0.2, 0.25) is 0 Å². The van der Waals surface area contributed by atoms with Crippen molar-refractivity contribution in [3.63, 3.8) is 0 Å². The number of pyridine rings is 1. The number of methoxy groups -OCH3 is 1. The number of ether oxygens (including phenoxy) is 1. The lowest BCUT2D eigenvalue weighted by Crippen LogP contribution is -2.35. The van der Waals surface area contributed by atoms with Crippen molar-refractivity contribution in [1.82, 2.24) is 15.0 Å². The third-order valence-corrected chi connectivity index (χ3v) is 7.42. The Bertz CT molecular complexity index is 1360. The smallest absolute Gasteiger partial charge is 0.227 e. The van der Waals surface area contributed by atoms with Gasteiger partial charge in [-0.15, -0.1) is 0 Å². The first kappa shape index (κ1) is 23.0. The number of carbonyl (C=O) groups is 1. The van der Waals surface area contributed by atoms with E-state index in [4.69, 9.17) is 4.74 Å². The fourth-order valence-electron chi connectivity index (χ4n) is 4.82. The Labute approximate surface area is 214 Å². The van der Waals surface area contributed by atoms with E-state index >= 15 is 0 Å². The lowest BCUT2D eigenvalue weighted by atomic mass is 9.78. The number of H-pyrrole nitrogens is 1. The van der Waals surface area contributed by atoms with Crippen LogP contribution in [0.3, 0.4) is 0 Å². The molecule has 4 aromatic rings. The number of anilines is 1. The number of rotatable bonds is 5. The molecule has 34 heavy (non-hydrogen) atoms. The van der Waals surface area contributed by atoms with Crippen LogP contribution in [0, 0.1) is 0 Å². The molecular formula is C26H22Br2N4O2. The predicted molar refractivity (Wildman–Crippen MR) is 138 cm³/mol. The molecule has 0 spiro atoms. The summed E-state index contributed by atoms with van der Waals surface area (Å²) in [6.07, 6.45) is 5.59. The zero-order valence-electron chi connectivity index (χ0n) is 18.6. The molecule has 8 heteroatoms. The Morgan fingerprint density at radius 1 is 1.12 bits per heavy atom. The summed E-state index contributed by atoms with van der Waals surface area (Å²) in [6.45, 7) is 0. The Kier molecular flexibility index (Phi) is 6.14. The average Bonchev–Trinajstić information content (AvgIpc) is 3.38. The molecule has 0 radical (unpaired) electrons. The standard InChI is InChI=1S/C26H22Br2N4O2/c1-32-22-7-6-18(12-21(22)20(13-25(32)33)16-8-9-30-24(28)10-16)26(34-2,23-14-29-15-31-23)17-4-3-5-19(27)11-17/h3-12,14-15,20H,13H2,1-2H3,(H,29,31). The van der Waals surface area contributed by atoms with Crippen LogP contribution in [-0.4, -0.2) is 35.0 Å². The summed E-state index contributed by atoms with van der Waals surface area (Å²) in [4.78, 5) is 26.4. The van der Waals surface area contributed by atoms with Crippen LogP contribution >= 0.6 is 31.9 Å². The number of halogens is 2. The molecule has 1 aliphatic heterocycles. The van der Waals surface area contributed by atoms with Crippen molar-refractivity contribution in [3.8, 4) is 0 Å². The fourth-order valence-corrected chi connectivity index (χ4v) is 5.61. The highest BCUT2D eigenvalue weighted by Gasteiger charge is 2.40. The van der Waals surface area contributed by atoms with Crippen molar-refractivity contribution >= 4 is 43.5 Å². The van der Waals surface area contributed by atoms with Crippen LogP contribution in [-0.2, 0) is 15.1 Å². The molecule has 172 valence electrons. The first-order valence-electron chi connectivity index (χ1n) is 10.8. The van der Waals surface area contributed by atoms with Crippen molar-refractivity contribution in [1.29, 1.82) is 0 Å². The lowest BCUT2D eigenvalue weighted by molar-refractivity contribution is -0.118. The van der Waals surface area contributed by atoms with Crippen LogP contribution in [0.5, 0.6) is 0 Å². The van der Waals surface area contributed by atoms with Crippen LogP contribution in [0.1, 0.15) is 40.3 Å². The lowest BCUT2D eigenvalue weighted by Gasteiger charge is -2.36. The number of carbonyl (C=O) groups excluding carboxylic acids is 1. The van der Waals surface area contributed by atoms with Crippen LogP contribution < -0.4 is 4.90 Å². The molecule has 0 bridgehead atoms. The molecule has 1 amide bonds. The third kappa shape index (κ3) is 3.79. The summed E-state index contributed by atoms with van der Waals surface area (Å²) >= 11 is 7.08. The first-order valence-corrected chi connectivity index (χ1v) is 12.3. The van der Waals surface area contributed by atoms with E-state index in [0.29, 0.717) is 6.42 Å². The molecule has 2 aromatic heterocycles. The monoisotopic (exact) mass is 580 g/mol. The maximum absolute atomic E-state index is 12.9. The highest BCUT2D eigenvalue weighted by molar-refractivity contribution is 9.10. The van der Waals surface area contributed by atoms with Crippen LogP contribution in [0.15, 0.2) is 82.4 Å². The number of aromatic nitrogens is 3. The molecule has 6 nitrogen and oxygen atoms in total. The number of nitrogens with one attached hydrogen (secondary N) is 1. The summed E-state index contributed by atoms with van der Waals surface area (Å²) < 4.78 is 8.01. The van der Waals surface area contributed by atoms with Crippen molar-refractivity contribution in [2.45, 2.75) is 17.9 Å². The topological polar surface area (TPSA) is 71.1 Å². The van der Waals surface area contributed by atoms with E-state index in [-0.39, 0.29) is 11.8 Å². The van der Waals surface area contributed by atoms with E-state index in [1.54, 1.807) is 30.7 Å². The van der Waals surface area contributed by atoms with Gasteiger partial charge in [-0.1, -0.05) is 34.1 Å². The van der Waals surface area contributed by atoms with Gasteiger partial charge in [0, 0.05) is 42.9 Å². The predicted octanol–water partition coefficient (Wildman–Crippen LogP) is 5.77. The van der Waals surface area contributed by atoms with Gasteiger partial charge in [0.25, 0.3) is 0 Å². The van der Waals surface area contributed by atoms with Crippen molar-refractivity contribution in [2.75, 3.05) is 19.1 Å². The van der Waals surface area contributed by atoms with Gasteiger partial charge in [0.15, 0.2) is 5.60 Å². The van der Waals surface area contributed by atoms with Gasteiger partial charge in [-0.3, -0.25) is 4.79 Å².